The molecule has 2 saturated heterocycles. The lowest BCUT2D eigenvalue weighted by molar-refractivity contribution is -0.00827. The lowest BCUT2D eigenvalue weighted by Gasteiger charge is -2.58. The van der Waals surface area contributed by atoms with Gasteiger partial charge in [0.05, 0.1) is 0 Å². The van der Waals surface area contributed by atoms with Crippen LogP contribution in [0.15, 0.2) is 0 Å². The van der Waals surface area contributed by atoms with E-state index < -0.39 is 0 Å². The van der Waals surface area contributed by atoms with Crippen molar-refractivity contribution in [2.24, 2.45) is 11.3 Å². The van der Waals surface area contributed by atoms with Crippen molar-refractivity contribution in [1.29, 1.82) is 0 Å². The number of hydrogen-bond donors (Lipinski definition) is 1. The zero-order chi connectivity index (χ0) is 15.7. The largest absolute Gasteiger partial charge is 0.305 e. The maximum atomic E-state index is 4.43. The second-order valence-corrected chi connectivity index (χ2v) is 9.72. The van der Waals surface area contributed by atoms with Gasteiger partial charge in [0.2, 0.25) is 0 Å². The number of piperidine rings is 1. The van der Waals surface area contributed by atoms with Gasteiger partial charge in [-0.1, -0.05) is 65.7 Å². The second-order valence-electron chi connectivity index (χ2n) is 9.72. The molecular weight excluding hydrogens is 266 g/mol. The van der Waals surface area contributed by atoms with Crippen molar-refractivity contribution in [3.05, 3.63) is 0 Å². The molecule has 2 heterocycles. The van der Waals surface area contributed by atoms with Gasteiger partial charge in [0, 0.05) is 11.1 Å². The smallest absolute Gasteiger partial charge is 0.0235 e. The van der Waals surface area contributed by atoms with E-state index in [1.807, 2.05) is 0 Å². The van der Waals surface area contributed by atoms with E-state index in [-0.39, 0.29) is 0 Å². The van der Waals surface area contributed by atoms with Crippen LogP contribution in [0.3, 0.4) is 0 Å². The standard InChI is InChI=1S/C21H39N/c1-19(2,3)21-16-10-5-4-9-14-20(22-21,15-11-17-21)18-12-7-6-8-13-18/h18,22H,4-17H2,1-3H3. The fraction of sp³-hybridized carbons (Fsp3) is 1.00. The number of nitrogens with one attached hydrogen (secondary N) is 1. The molecule has 2 atom stereocenters. The Morgan fingerprint density at radius 2 is 1.23 bits per heavy atom. The van der Waals surface area contributed by atoms with Crippen LogP contribution >= 0.6 is 0 Å². The monoisotopic (exact) mass is 305 g/mol. The predicted molar refractivity (Wildman–Crippen MR) is 96.2 cm³/mol. The summed E-state index contributed by atoms with van der Waals surface area (Å²) in [7, 11) is 0. The topological polar surface area (TPSA) is 12.0 Å². The van der Waals surface area contributed by atoms with Gasteiger partial charge >= 0.3 is 0 Å². The SMILES string of the molecule is CC(C)(C)C12CCCCCCC(C3CCCCC3)(CCC1)N2. The van der Waals surface area contributed by atoms with E-state index in [2.05, 4.69) is 26.1 Å². The Balaban J connectivity index is 1.91. The highest BCUT2D eigenvalue weighted by Gasteiger charge is 2.52. The first-order chi connectivity index (χ1) is 10.5. The van der Waals surface area contributed by atoms with Gasteiger partial charge in [0.1, 0.15) is 0 Å². The maximum Gasteiger partial charge on any atom is 0.0235 e. The summed E-state index contributed by atoms with van der Waals surface area (Å²) in [6.45, 7) is 7.48. The molecule has 1 heteroatoms. The molecule has 3 fully saturated rings. The predicted octanol–water partition coefficient (Wildman–Crippen LogP) is 6.22. The van der Waals surface area contributed by atoms with Crippen molar-refractivity contribution in [3.63, 3.8) is 0 Å². The molecule has 3 rings (SSSR count). The highest BCUT2D eigenvalue weighted by atomic mass is 15.1. The molecule has 1 nitrogen and oxygen atoms in total. The van der Waals surface area contributed by atoms with Crippen LogP contribution < -0.4 is 5.32 Å². The van der Waals surface area contributed by atoms with E-state index in [0.717, 1.165) is 5.92 Å². The van der Waals surface area contributed by atoms with Gasteiger partial charge in [0.25, 0.3) is 0 Å². The van der Waals surface area contributed by atoms with E-state index in [1.54, 1.807) is 0 Å². The molecule has 0 amide bonds. The third kappa shape index (κ3) is 3.12. The van der Waals surface area contributed by atoms with Crippen molar-refractivity contribution in [2.45, 2.75) is 122 Å². The van der Waals surface area contributed by atoms with Crippen LogP contribution in [0.4, 0.5) is 0 Å². The Morgan fingerprint density at radius 1 is 0.682 bits per heavy atom. The lowest BCUT2D eigenvalue weighted by Crippen LogP contribution is -2.68. The summed E-state index contributed by atoms with van der Waals surface area (Å²) in [5, 5.41) is 4.43. The molecule has 2 unspecified atom stereocenters. The van der Waals surface area contributed by atoms with Gasteiger partial charge in [-0.15, -0.1) is 0 Å². The van der Waals surface area contributed by atoms with Gasteiger partial charge in [0.15, 0.2) is 0 Å². The van der Waals surface area contributed by atoms with Gasteiger partial charge in [-0.3, -0.25) is 0 Å². The molecule has 1 aliphatic carbocycles. The molecule has 2 bridgehead atoms. The first-order valence-electron chi connectivity index (χ1n) is 10.3. The van der Waals surface area contributed by atoms with E-state index >= 15 is 0 Å². The number of fused-ring (bicyclic) bond motifs is 2. The normalized spacial score (nSPS) is 38.9. The zero-order valence-electron chi connectivity index (χ0n) is 15.5. The van der Waals surface area contributed by atoms with Crippen molar-refractivity contribution in [1.82, 2.24) is 5.32 Å². The average molecular weight is 306 g/mol. The summed E-state index contributed by atoms with van der Waals surface area (Å²) in [5.41, 5.74) is 1.26. The average Bonchev–Trinajstić information content (AvgIpc) is 2.56. The van der Waals surface area contributed by atoms with E-state index in [4.69, 9.17) is 0 Å². The summed E-state index contributed by atoms with van der Waals surface area (Å²) >= 11 is 0. The Hall–Kier alpha value is -0.0400. The van der Waals surface area contributed by atoms with Crippen LogP contribution in [-0.4, -0.2) is 11.1 Å². The Kier molecular flexibility index (Phi) is 4.93. The van der Waals surface area contributed by atoms with Crippen LogP contribution in [0.2, 0.25) is 0 Å². The van der Waals surface area contributed by atoms with Gasteiger partial charge < -0.3 is 5.32 Å². The molecule has 1 saturated carbocycles. The summed E-state index contributed by atoms with van der Waals surface area (Å²) in [6.07, 6.45) is 20.4. The first-order valence-corrected chi connectivity index (χ1v) is 10.3. The maximum absolute atomic E-state index is 4.43. The van der Waals surface area contributed by atoms with Crippen molar-refractivity contribution in [3.8, 4) is 0 Å². The molecule has 0 aromatic rings. The van der Waals surface area contributed by atoms with Crippen molar-refractivity contribution >= 4 is 0 Å². The minimum Gasteiger partial charge on any atom is -0.305 e. The van der Waals surface area contributed by atoms with Crippen molar-refractivity contribution < 1.29 is 0 Å². The van der Waals surface area contributed by atoms with Crippen LogP contribution in [0.5, 0.6) is 0 Å². The highest BCUT2D eigenvalue weighted by molar-refractivity contribution is 5.10. The fourth-order valence-electron chi connectivity index (χ4n) is 6.01. The fourth-order valence-corrected chi connectivity index (χ4v) is 6.01. The van der Waals surface area contributed by atoms with Crippen molar-refractivity contribution in [2.75, 3.05) is 0 Å². The Morgan fingerprint density at radius 3 is 1.91 bits per heavy atom. The lowest BCUT2D eigenvalue weighted by atomic mass is 9.60. The summed E-state index contributed by atoms with van der Waals surface area (Å²) in [4.78, 5) is 0. The molecule has 0 aromatic carbocycles. The summed E-state index contributed by atoms with van der Waals surface area (Å²) in [6, 6.07) is 0. The summed E-state index contributed by atoms with van der Waals surface area (Å²) < 4.78 is 0. The second kappa shape index (κ2) is 6.46. The molecule has 0 radical (unpaired) electrons. The van der Waals surface area contributed by atoms with Crippen LogP contribution in [0, 0.1) is 11.3 Å². The molecule has 1 N–H and O–H groups in total. The van der Waals surface area contributed by atoms with Crippen LogP contribution in [0.25, 0.3) is 0 Å². The van der Waals surface area contributed by atoms with E-state index in [1.165, 1.54) is 89.9 Å². The number of rotatable bonds is 1. The first kappa shape index (κ1) is 16.8. The van der Waals surface area contributed by atoms with Crippen LogP contribution in [0.1, 0.15) is 111 Å². The molecule has 128 valence electrons. The molecule has 3 aliphatic rings. The minimum atomic E-state index is 0.387. The van der Waals surface area contributed by atoms with Gasteiger partial charge in [-0.05, 0) is 56.3 Å². The Bertz CT molecular complexity index is 363. The van der Waals surface area contributed by atoms with Gasteiger partial charge in [-0.25, -0.2) is 0 Å². The third-order valence-electron chi connectivity index (χ3n) is 7.51. The zero-order valence-corrected chi connectivity index (χ0v) is 15.5. The number of hydrogen-bond acceptors (Lipinski definition) is 1. The molecule has 0 spiro atoms. The Labute approximate surface area is 139 Å². The minimum absolute atomic E-state index is 0.387. The quantitative estimate of drug-likeness (QED) is 0.606. The molecule has 0 aromatic heterocycles. The van der Waals surface area contributed by atoms with E-state index in [9.17, 15) is 0 Å². The molecular formula is C21H39N. The van der Waals surface area contributed by atoms with Gasteiger partial charge in [-0.2, -0.15) is 0 Å². The van der Waals surface area contributed by atoms with E-state index in [0.29, 0.717) is 16.5 Å². The highest BCUT2D eigenvalue weighted by Crippen LogP contribution is 2.50. The molecule has 22 heavy (non-hydrogen) atoms. The van der Waals surface area contributed by atoms with Crippen LogP contribution in [-0.2, 0) is 0 Å². The summed E-state index contributed by atoms with van der Waals surface area (Å²) in [5.74, 6) is 0.960. The molecule has 2 aliphatic heterocycles. The third-order valence-corrected chi connectivity index (χ3v) is 7.51.